The molecule has 1 N–H and O–H groups in total. The molecule has 26 heavy (non-hydrogen) atoms. The highest BCUT2D eigenvalue weighted by atomic mass is 16.5. The van der Waals surface area contributed by atoms with E-state index in [4.69, 9.17) is 4.74 Å². The van der Waals surface area contributed by atoms with Crippen molar-refractivity contribution in [1.82, 2.24) is 9.80 Å². The fraction of sp³-hybridized carbons (Fsp3) is 0.500. The van der Waals surface area contributed by atoms with Crippen LogP contribution in [-0.2, 0) is 9.53 Å². The molecule has 2 fully saturated rings. The highest BCUT2D eigenvalue weighted by molar-refractivity contribution is 5.81. The summed E-state index contributed by atoms with van der Waals surface area (Å²) in [6.45, 7) is 4.77. The smallest absolute Gasteiger partial charge is 0.238 e. The number of likely N-dealkylation sites (tertiary alicyclic amines) is 1. The maximum absolute atomic E-state index is 12.7. The van der Waals surface area contributed by atoms with Crippen LogP contribution in [0.4, 0.5) is 0 Å². The topological polar surface area (TPSA) is 76.8 Å². The van der Waals surface area contributed by atoms with Crippen LogP contribution in [0.15, 0.2) is 30.3 Å². The maximum Gasteiger partial charge on any atom is 0.238 e. The lowest BCUT2D eigenvalue weighted by Crippen LogP contribution is -2.66. The van der Waals surface area contributed by atoms with Crippen molar-refractivity contribution in [2.45, 2.75) is 24.9 Å². The SMILES string of the molecule is C/C=C/c1ccc([C@@H]2[C@@H](CO)N(C(=O)CN3CCOCC3)[C@H]2C#N)cc1. The molecule has 0 bridgehead atoms. The van der Waals surface area contributed by atoms with Crippen LogP contribution in [0, 0.1) is 11.3 Å². The van der Waals surface area contributed by atoms with E-state index < -0.39 is 6.04 Å². The van der Waals surface area contributed by atoms with Gasteiger partial charge in [-0.1, -0.05) is 36.4 Å². The molecule has 0 aromatic heterocycles. The second-order valence-corrected chi connectivity index (χ2v) is 6.71. The average molecular weight is 355 g/mol. The summed E-state index contributed by atoms with van der Waals surface area (Å²) in [5.41, 5.74) is 2.07. The van der Waals surface area contributed by atoms with Crippen LogP contribution in [0.1, 0.15) is 24.0 Å². The van der Waals surface area contributed by atoms with E-state index in [1.54, 1.807) is 4.90 Å². The Bertz CT molecular complexity index is 689. The monoisotopic (exact) mass is 355 g/mol. The van der Waals surface area contributed by atoms with Gasteiger partial charge in [0.05, 0.1) is 38.5 Å². The molecule has 1 amide bonds. The van der Waals surface area contributed by atoms with Gasteiger partial charge in [-0.3, -0.25) is 9.69 Å². The van der Waals surface area contributed by atoms with Gasteiger partial charge in [-0.2, -0.15) is 5.26 Å². The first-order valence-corrected chi connectivity index (χ1v) is 9.04. The van der Waals surface area contributed by atoms with Gasteiger partial charge in [0, 0.05) is 19.0 Å². The Kier molecular flexibility index (Phi) is 6.04. The summed E-state index contributed by atoms with van der Waals surface area (Å²) in [6.07, 6.45) is 3.98. The van der Waals surface area contributed by atoms with Crippen LogP contribution in [0.2, 0.25) is 0 Å². The minimum absolute atomic E-state index is 0.0979. The zero-order valence-corrected chi connectivity index (χ0v) is 15.0. The number of allylic oxidation sites excluding steroid dienone is 1. The summed E-state index contributed by atoms with van der Waals surface area (Å²) < 4.78 is 5.30. The first-order valence-electron chi connectivity index (χ1n) is 9.04. The third kappa shape index (κ3) is 3.65. The lowest BCUT2D eigenvalue weighted by Gasteiger charge is -2.52. The van der Waals surface area contributed by atoms with E-state index in [1.165, 1.54) is 0 Å². The summed E-state index contributed by atoms with van der Waals surface area (Å²) >= 11 is 0. The molecule has 2 heterocycles. The van der Waals surface area contributed by atoms with Crippen molar-refractivity contribution in [1.29, 1.82) is 5.26 Å². The van der Waals surface area contributed by atoms with Crippen molar-refractivity contribution in [2.24, 2.45) is 0 Å². The van der Waals surface area contributed by atoms with E-state index >= 15 is 0 Å². The first-order chi connectivity index (χ1) is 12.7. The number of carbonyl (C=O) groups is 1. The molecule has 0 unspecified atom stereocenters. The molecule has 3 atom stereocenters. The van der Waals surface area contributed by atoms with Gasteiger partial charge in [0.2, 0.25) is 5.91 Å². The number of ether oxygens (including phenoxy) is 1. The van der Waals surface area contributed by atoms with Crippen LogP contribution in [0.25, 0.3) is 6.08 Å². The van der Waals surface area contributed by atoms with E-state index in [0.717, 1.165) is 24.2 Å². The van der Waals surface area contributed by atoms with E-state index in [1.807, 2.05) is 48.2 Å². The lowest BCUT2D eigenvalue weighted by atomic mass is 9.75. The molecule has 2 aliphatic rings. The molecule has 0 radical (unpaired) electrons. The molecule has 0 spiro atoms. The second kappa shape index (κ2) is 8.45. The van der Waals surface area contributed by atoms with Crippen LogP contribution in [-0.4, -0.2) is 72.4 Å². The lowest BCUT2D eigenvalue weighted by molar-refractivity contribution is -0.149. The van der Waals surface area contributed by atoms with E-state index in [0.29, 0.717) is 13.2 Å². The molecule has 138 valence electrons. The second-order valence-electron chi connectivity index (χ2n) is 6.71. The predicted octanol–water partition coefficient (Wildman–Crippen LogP) is 1.23. The van der Waals surface area contributed by atoms with Crippen molar-refractivity contribution >= 4 is 12.0 Å². The molecule has 2 aliphatic heterocycles. The van der Waals surface area contributed by atoms with Crippen molar-refractivity contribution in [3.63, 3.8) is 0 Å². The number of nitrogens with zero attached hydrogens (tertiary/aromatic N) is 3. The molecule has 6 heteroatoms. The molecule has 0 saturated carbocycles. The van der Waals surface area contributed by atoms with Gasteiger partial charge < -0.3 is 14.7 Å². The quantitative estimate of drug-likeness (QED) is 0.860. The predicted molar refractivity (Wildman–Crippen MR) is 98.3 cm³/mol. The minimum atomic E-state index is -0.534. The van der Waals surface area contributed by atoms with Gasteiger partial charge in [-0.05, 0) is 18.1 Å². The molecular weight excluding hydrogens is 330 g/mol. The number of rotatable bonds is 5. The van der Waals surface area contributed by atoms with Crippen LogP contribution in [0.3, 0.4) is 0 Å². The first kappa shape index (κ1) is 18.6. The number of aliphatic hydroxyl groups is 1. The Morgan fingerprint density at radius 2 is 2.04 bits per heavy atom. The van der Waals surface area contributed by atoms with Crippen molar-refractivity contribution < 1.29 is 14.6 Å². The van der Waals surface area contributed by atoms with Crippen molar-refractivity contribution in [2.75, 3.05) is 39.5 Å². The minimum Gasteiger partial charge on any atom is -0.394 e. The zero-order valence-electron chi connectivity index (χ0n) is 15.0. The number of benzene rings is 1. The normalized spacial score (nSPS) is 26.5. The highest BCUT2D eigenvalue weighted by Crippen LogP contribution is 2.40. The van der Waals surface area contributed by atoms with E-state index in [9.17, 15) is 15.2 Å². The standard InChI is InChI=1S/C20H25N3O3/c1-2-3-15-4-6-16(7-5-15)20-17(12-21)23(18(20)14-24)19(25)13-22-8-10-26-11-9-22/h2-7,17-18,20,24H,8-11,13-14H2,1H3/b3-2+/t17-,18+,20-/m0/s1. The number of hydrogen-bond acceptors (Lipinski definition) is 5. The Hall–Kier alpha value is -2.20. The van der Waals surface area contributed by atoms with Gasteiger partial charge in [0.25, 0.3) is 0 Å². The van der Waals surface area contributed by atoms with Gasteiger partial charge in [-0.15, -0.1) is 0 Å². The summed E-state index contributed by atoms with van der Waals surface area (Å²) in [7, 11) is 0. The molecule has 3 rings (SSSR count). The molecule has 1 aromatic carbocycles. The number of amides is 1. The molecule has 6 nitrogen and oxygen atoms in total. The van der Waals surface area contributed by atoms with Gasteiger partial charge >= 0.3 is 0 Å². The Morgan fingerprint density at radius 3 is 2.62 bits per heavy atom. The van der Waals surface area contributed by atoms with Crippen LogP contribution in [0.5, 0.6) is 0 Å². The van der Waals surface area contributed by atoms with Gasteiger partial charge in [0.15, 0.2) is 0 Å². The zero-order chi connectivity index (χ0) is 18.5. The summed E-state index contributed by atoms with van der Waals surface area (Å²) in [5, 5.41) is 19.5. The number of hydrogen-bond donors (Lipinski definition) is 1. The molecule has 2 saturated heterocycles. The van der Waals surface area contributed by atoms with E-state index in [-0.39, 0.29) is 31.0 Å². The largest absolute Gasteiger partial charge is 0.394 e. The number of nitriles is 1. The third-order valence-electron chi connectivity index (χ3n) is 5.16. The summed E-state index contributed by atoms with van der Waals surface area (Å²) in [4.78, 5) is 16.3. The fourth-order valence-corrected chi connectivity index (χ4v) is 3.80. The number of morpholine rings is 1. The van der Waals surface area contributed by atoms with Crippen molar-refractivity contribution in [3.8, 4) is 6.07 Å². The van der Waals surface area contributed by atoms with E-state index in [2.05, 4.69) is 6.07 Å². The van der Waals surface area contributed by atoms with Gasteiger partial charge in [-0.25, -0.2) is 0 Å². The maximum atomic E-state index is 12.7. The highest BCUT2D eigenvalue weighted by Gasteiger charge is 2.51. The van der Waals surface area contributed by atoms with Crippen molar-refractivity contribution in [3.05, 3.63) is 41.5 Å². The van der Waals surface area contributed by atoms with Crippen LogP contribution >= 0.6 is 0 Å². The van der Waals surface area contributed by atoms with Gasteiger partial charge in [0.1, 0.15) is 6.04 Å². The Morgan fingerprint density at radius 1 is 1.35 bits per heavy atom. The molecular formula is C20H25N3O3. The molecule has 1 aromatic rings. The third-order valence-corrected chi connectivity index (χ3v) is 5.16. The fourth-order valence-electron chi connectivity index (χ4n) is 3.80. The number of carbonyl (C=O) groups excluding carboxylic acids is 1. The summed E-state index contributed by atoms with van der Waals surface area (Å²) in [6, 6.07) is 9.34. The molecule has 0 aliphatic carbocycles. The van der Waals surface area contributed by atoms with Crippen LogP contribution < -0.4 is 0 Å². The Balaban J connectivity index is 1.72. The summed E-state index contributed by atoms with van der Waals surface area (Å²) in [5.74, 6) is -0.252. The average Bonchev–Trinajstić information content (AvgIpc) is 2.64. The Labute approximate surface area is 154 Å². The number of aliphatic hydroxyl groups excluding tert-OH is 1.